The molecule has 1 aromatic heterocycles. The lowest BCUT2D eigenvalue weighted by Crippen LogP contribution is -2.56. The molecule has 0 bridgehead atoms. The summed E-state index contributed by atoms with van der Waals surface area (Å²) in [6.07, 6.45) is -3.91. The number of alkyl halides is 3. The van der Waals surface area contributed by atoms with Gasteiger partial charge in [-0.2, -0.15) is 28.4 Å². The largest absolute Gasteiger partial charge is 0.487 e. The Morgan fingerprint density at radius 1 is 0.986 bits per heavy atom. The molecule has 17 nitrogen and oxygen atoms in total. The lowest BCUT2D eigenvalue weighted by molar-refractivity contribution is -0.138. The first-order valence-electron chi connectivity index (χ1n) is 22.7. The Morgan fingerprint density at radius 2 is 1.79 bits per heavy atom. The summed E-state index contributed by atoms with van der Waals surface area (Å²) in [5.41, 5.74) is 2.97. The number of halogens is 4. The van der Waals surface area contributed by atoms with Crippen LogP contribution in [0.4, 0.5) is 35.2 Å². The average molecular weight is 991 g/mol. The van der Waals surface area contributed by atoms with Crippen molar-refractivity contribution in [2.75, 3.05) is 55.0 Å². The Bertz CT molecular complexity index is 3050. The van der Waals surface area contributed by atoms with Gasteiger partial charge in [0.1, 0.15) is 24.2 Å². The fraction of sp³-hybridized carbons (Fsp3) is 0.320. The molecule has 71 heavy (non-hydrogen) atoms. The highest BCUT2D eigenvalue weighted by Crippen LogP contribution is 2.39. The second kappa shape index (κ2) is 19.8. The summed E-state index contributed by atoms with van der Waals surface area (Å²) in [5, 5.41) is 19.9. The van der Waals surface area contributed by atoms with E-state index in [1.807, 2.05) is 41.3 Å². The van der Waals surface area contributed by atoms with Gasteiger partial charge in [-0.25, -0.2) is 4.79 Å². The van der Waals surface area contributed by atoms with Crippen LogP contribution < -0.4 is 35.2 Å². The summed E-state index contributed by atoms with van der Waals surface area (Å²) in [4.78, 5) is 81.0. The molecule has 366 valence electrons. The minimum absolute atomic E-state index is 0.0432. The zero-order valence-electron chi connectivity index (χ0n) is 38.3. The first kappa shape index (κ1) is 48.1. The third-order valence-corrected chi connectivity index (χ3v) is 13.4. The van der Waals surface area contributed by atoms with E-state index < -0.39 is 54.2 Å². The number of anilines is 3. The molecule has 2 unspecified atom stereocenters. The molecule has 3 N–H and O–H groups in total. The summed E-state index contributed by atoms with van der Waals surface area (Å²) >= 11 is 6.69. The Morgan fingerprint density at radius 3 is 2.55 bits per heavy atom. The second-order valence-electron chi connectivity index (χ2n) is 17.5. The molecule has 2 saturated heterocycles. The molecule has 0 spiro atoms. The van der Waals surface area contributed by atoms with Crippen LogP contribution in [-0.2, 0) is 46.6 Å². The minimum Gasteiger partial charge on any atom is -0.487 e. The summed E-state index contributed by atoms with van der Waals surface area (Å²) < 4.78 is 53.2. The molecule has 6 amide bonds. The SMILES string of the molecule is C=C(COc1cc(C(F)(F)F)ccc1NC(=O)NCc1ccc2c(c1)CN(C1CCC(=O)NC1=O)C2=O)C(=O)N1CCN(c2nc(OC)nc3c2CCN(c2cccc4cccc(Cl)c24)C3)CC1CC#N. The Kier molecular flexibility index (Phi) is 13.4. The fourth-order valence-corrected chi connectivity index (χ4v) is 9.80. The van der Waals surface area contributed by atoms with Crippen LogP contribution in [0.1, 0.15) is 57.6 Å². The molecule has 2 fully saturated rings. The van der Waals surface area contributed by atoms with E-state index in [2.05, 4.69) is 33.5 Å². The van der Waals surface area contributed by atoms with Crippen molar-refractivity contribution >= 4 is 69.2 Å². The first-order chi connectivity index (χ1) is 34.1. The number of carbonyl (C=O) groups is 5. The number of rotatable bonds is 12. The lowest BCUT2D eigenvalue weighted by atomic mass is 10.0. The Hall–Kier alpha value is -7.92. The maximum absolute atomic E-state index is 14.0. The fourth-order valence-electron chi connectivity index (χ4n) is 9.52. The number of urea groups is 1. The van der Waals surface area contributed by atoms with E-state index in [1.165, 1.54) is 16.9 Å². The van der Waals surface area contributed by atoms with Crippen molar-refractivity contribution in [1.29, 1.82) is 5.26 Å². The molecule has 5 aromatic rings. The van der Waals surface area contributed by atoms with Crippen molar-refractivity contribution in [2.24, 2.45) is 0 Å². The Balaban J connectivity index is 0.844. The first-order valence-corrected chi connectivity index (χ1v) is 23.1. The van der Waals surface area contributed by atoms with Gasteiger partial charge in [0, 0.05) is 73.5 Å². The van der Waals surface area contributed by atoms with E-state index in [1.54, 1.807) is 18.2 Å². The number of hydrogen-bond donors (Lipinski definition) is 3. The number of nitrogens with one attached hydrogen (secondary N) is 3. The summed E-state index contributed by atoms with van der Waals surface area (Å²) in [5.74, 6) is -1.60. The molecule has 0 radical (unpaired) electrons. The molecule has 0 saturated carbocycles. The number of carbonyl (C=O) groups excluding carboxylic acids is 5. The van der Waals surface area contributed by atoms with Gasteiger partial charge < -0.3 is 39.7 Å². The number of fused-ring (bicyclic) bond motifs is 3. The number of piperazine rings is 1. The molecular formula is C50H46ClF3N10O7. The lowest BCUT2D eigenvalue weighted by Gasteiger charge is -2.42. The highest BCUT2D eigenvalue weighted by Gasteiger charge is 2.40. The van der Waals surface area contributed by atoms with Crippen LogP contribution in [-0.4, -0.2) is 101 Å². The molecule has 4 aromatic carbocycles. The topological polar surface area (TPSA) is 202 Å². The number of piperidine rings is 1. The van der Waals surface area contributed by atoms with Gasteiger partial charge in [0.25, 0.3) is 11.8 Å². The molecule has 4 aliphatic heterocycles. The normalized spacial score (nSPS) is 17.8. The highest BCUT2D eigenvalue weighted by atomic mass is 35.5. The van der Waals surface area contributed by atoms with Crippen LogP contribution in [0.15, 0.2) is 84.9 Å². The second-order valence-corrected chi connectivity index (χ2v) is 17.9. The molecular weight excluding hydrogens is 945 g/mol. The summed E-state index contributed by atoms with van der Waals surface area (Å²) in [7, 11) is 1.48. The smallest absolute Gasteiger partial charge is 0.416 e. The van der Waals surface area contributed by atoms with Crippen molar-refractivity contribution in [3.8, 4) is 17.8 Å². The molecule has 0 aliphatic carbocycles. The predicted molar refractivity (Wildman–Crippen MR) is 255 cm³/mol. The van der Waals surface area contributed by atoms with Crippen LogP contribution in [0.5, 0.6) is 11.8 Å². The summed E-state index contributed by atoms with van der Waals surface area (Å²) in [6, 6.07) is 19.4. The van der Waals surface area contributed by atoms with Crippen LogP contribution in [0.2, 0.25) is 5.02 Å². The van der Waals surface area contributed by atoms with E-state index in [-0.39, 0.29) is 74.4 Å². The zero-order valence-corrected chi connectivity index (χ0v) is 39.0. The van der Waals surface area contributed by atoms with Gasteiger partial charge >= 0.3 is 18.2 Å². The number of ether oxygens (including phenoxy) is 2. The number of amides is 6. The van der Waals surface area contributed by atoms with Crippen LogP contribution in [0.25, 0.3) is 10.8 Å². The number of nitrogens with zero attached hydrogens (tertiary/aromatic N) is 7. The van der Waals surface area contributed by atoms with Crippen molar-refractivity contribution in [2.45, 2.75) is 63.6 Å². The zero-order chi connectivity index (χ0) is 50.1. The third-order valence-electron chi connectivity index (χ3n) is 13.1. The van der Waals surface area contributed by atoms with Gasteiger partial charge in [-0.15, -0.1) is 0 Å². The highest BCUT2D eigenvalue weighted by molar-refractivity contribution is 6.36. The minimum atomic E-state index is -4.77. The van der Waals surface area contributed by atoms with Gasteiger partial charge in [0.2, 0.25) is 11.8 Å². The number of hydrogen-bond acceptors (Lipinski definition) is 12. The quantitative estimate of drug-likeness (QED) is 0.0904. The average Bonchev–Trinajstić information content (AvgIpc) is 3.68. The van der Waals surface area contributed by atoms with Crippen LogP contribution in [0.3, 0.4) is 0 Å². The van der Waals surface area contributed by atoms with E-state index >= 15 is 0 Å². The van der Waals surface area contributed by atoms with E-state index in [0.717, 1.165) is 39.8 Å². The molecule has 5 heterocycles. The molecule has 9 rings (SSSR count). The standard InChI is InChI=1S/C50H46ClF3N10O7/c1-28(27-71-41-22-32(50(52,53)54)10-12-37(41)57-48(69)56-23-29-9-11-34-31(21-29)24-64(47(34)68)40-13-14-42(65)59-45(40)66)46(67)63-20-19-62(25-33(63)15-17-55)44-35-16-18-61(26-38(35)58-49(60-44)70-2)39-8-4-6-30-5-3-7-36(51)43(30)39/h3-12,21-22,33,40H,1,13-16,18-20,23-27H2,2H3,(H2,56,57,69)(H,59,65,66). The van der Waals surface area contributed by atoms with Gasteiger partial charge in [-0.3, -0.25) is 24.5 Å². The predicted octanol–water partition coefficient (Wildman–Crippen LogP) is 6.52. The maximum Gasteiger partial charge on any atom is 0.416 e. The third kappa shape index (κ3) is 9.95. The van der Waals surface area contributed by atoms with Gasteiger partial charge in [0.15, 0.2) is 0 Å². The van der Waals surface area contributed by atoms with Gasteiger partial charge in [-0.1, -0.05) is 54.6 Å². The number of methoxy groups -OCH3 is 1. The number of nitriles is 1. The van der Waals surface area contributed by atoms with Crippen molar-refractivity contribution in [3.05, 3.63) is 123 Å². The summed E-state index contributed by atoms with van der Waals surface area (Å²) in [6.45, 7) is 5.23. The monoisotopic (exact) mass is 990 g/mol. The van der Waals surface area contributed by atoms with Crippen LogP contribution in [0, 0.1) is 11.3 Å². The Labute approximate surface area is 410 Å². The van der Waals surface area contributed by atoms with Crippen molar-refractivity contribution < 1.29 is 46.6 Å². The van der Waals surface area contributed by atoms with Crippen molar-refractivity contribution in [3.63, 3.8) is 0 Å². The molecule has 21 heteroatoms. The number of imide groups is 1. The molecule has 2 atom stereocenters. The maximum atomic E-state index is 14.0. The van der Waals surface area contributed by atoms with Crippen LogP contribution >= 0.6 is 11.6 Å². The number of benzene rings is 4. The van der Waals surface area contributed by atoms with Gasteiger partial charge in [0.05, 0.1) is 54.2 Å². The van der Waals surface area contributed by atoms with Crippen molar-refractivity contribution in [1.82, 2.24) is 30.4 Å². The van der Waals surface area contributed by atoms with E-state index in [9.17, 15) is 42.4 Å². The van der Waals surface area contributed by atoms with E-state index in [0.29, 0.717) is 59.7 Å². The molecule has 4 aliphatic rings. The van der Waals surface area contributed by atoms with E-state index in [4.69, 9.17) is 31.0 Å². The van der Waals surface area contributed by atoms with Gasteiger partial charge in [-0.05, 0) is 65.8 Å². The number of aromatic nitrogens is 2.